The largest absolute Gasteiger partial charge is 0.475 e. The van der Waals surface area contributed by atoms with E-state index in [0.29, 0.717) is 11.6 Å². The number of amides is 1. The summed E-state index contributed by atoms with van der Waals surface area (Å²) in [4.78, 5) is 16.9. The number of allylic oxidation sites excluding steroid dienone is 1. The van der Waals surface area contributed by atoms with Crippen LogP contribution in [0.15, 0.2) is 53.1 Å². The number of aliphatic hydroxyl groups is 1. The van der Waals surface area contributed by atoms with Crippen LogP contribution in [-0.4, -0.2) is 48.4 Å². The van der Waals surface area contributed by atoms with E-state index in [4.69, 9.17) is 14.5 Å². The highest BCUT2D eigenvalue weighted by molar-refractivity contribution is 5.90. The van der Waals surface area contributed by atoms with Crippen LogP contribution in [0.1, 0.15) is 54.4 Å². The van der Waals surface area contributed by atoms with E-state index in [1.807, 2.05) is 53.7 Å². The molecule has 1 aromatic rings. The number of hydrogen-bond acceptors (Lipinski definition) is 5. The molecule has 0 radical (unpaired) electrons. The molecule has 33 heavy (non-hydrogen) atoms. The summed E-state index contributed by atoms with van der Waals surface area (Å²) in [5.74, 6) is -0.0539. The number of carbonyl (C=O) groups is 1. The zero-order valence-corrected chi connectivity index (χ0v) is 20.7. The third-order valence-corrected chi connectivity index (χ3v) is 4.91. The second-order valence-electron chi connectivity index (χ2n) is 8.36. The molecule has 1 rings (SSSR count). The molecule has 1 aromatic carbocycles. The van der Waals surface area contributed by atoms with E-state index in [9.17, 15) is 14.3 Å². The monoisotopic (exact) mass is 462 g/mol. The minimum Gasteiger partial charge on any atom is -0.475 e. The number of anilines is 1. The number of carbonyl (C=O) groups excluding carboxylic acids is 1. The quantitative estimate of drug-likeness (QED) is 0.237. The van der Waals surface area contributed by atoms with E-state index in [1.165, 1.54) is 24.3 Å². The van der Waals surface area contributed by atoms with Gasteiger partial charge in [-0.2, -0.15) is 0 Å². The van der Waals surface area contributed by atoms with E-state index >= 15 is 0 Å². The Morgan fingerprint density at radius 3 is 2.45 bits per heavy atom. The zero-order chi connectivity index (χ0) is 24.8. The molecule has 0 aliphatic rings. The molecule has 1 amide bonds. The van der Waals surface area contributed by atoms with Gasteiger partial charge in [0.15, 0.2) is 0 Å². The number of nitrogens with zero attached hydrogens (tertiary/aromatic N) is 1. The van der Waals surface area contributed by atoms with Crippen molar-refractivity contribution in [1.82, 2.24) is 0 Å². The Morgan fingerprint density at radius 2 is 1.88 bits per heavy atom. The van der Waals surface area contributed by atoms with Crippen LogP contribution in [0, 0.1) is 11.7 Å². The summed E-state index contributed by atoms with van der Waals surface area (Å²) in [6, 6.07) is 5.52. The Balaban J connectivity index is 2.79. The van der Waals surface area contributed by atoms with Crippen molar-refractivity contribution in [2.75, 3.05) is 18.5 Å². The predicted octanol–water partition coefficient (Wildman–Crippen LogP) is 5.29. The predicted molar refractivity (Wildman–Crippen MR) is 132 cm³/mol. The first-order valence-corrected chi connectivity index (χ1v) is 11.5. The molecule has 0 aliphatic carbocycles. The average Bonchev–Trinajstić information content (AvgIpc) is 2.76. The first kappa shape index (κ1) is 28.5. The molecule has 2 N–H and O–H groups in total. The second-order valence-corrected chi connectivity index (χ2v) is 8.36. The first-order valence-electron chi connectivity index (χ1n) is 11.5. The van der Waals surface area contributed by atoms with Crippen molar-refractivity contribution in [2.24, 2.45) is 10.9 Å². The number of nitrogens with one attached hydrogen (secondary N) is 1. The van der Waals surface area contributed by atoms with Gasteiger partial charge in [-0.1, -0.05) is 26.0 Å². The summed E-state index contributed by atoms with van der Waals surface area (Å²) in [5, 5.41) is 12.1. The van der Waals surface area contributed by atoms with Crippen LogP contribution in [-0.2, 0) is 14.3 Å². The van der Waals surface area contributed by atoms with E-state index in [0.717, 1.165) is 12.0 Å². The van der Waals surface area contributed by atoms with Crippen LogP contribution in [0.5, 0.6) is 0 Å². The van der Waals surface area contributed by atoms with Gasteiger partial charge in [-0.3, -0.25) is 4.79 Å². The number of halogens is 1. The van der Waals surface area contributed by atoms with Gasteiger partial charge in [0.05, 0.1) is 37.9 Å². The van der Waals surface area contributed by atoms with Crippen LogP contribution in [0.25, 0.3) is 0 Å². The fourth-order valence-electron chi connectivity index (χ4n) is 2.89. The molecule has 184 valence electrons. The van der Waals surface area contributed by atoms with Gasteiger partial charge in [-0.05, 0) is 64.0 Å². The van der Waals surface area contributed by atoms with Gasteiger partial charge >= 0.3 is 0 Å². The van der Waals surface area contributed by atoms with Crippen LogP contribution < -0.4 is 5.32 Å². The van der Waals surface area contributed by atoms with E-state index in [-0.39, 0.29) is 55.5 Å². The highest BCUT2D eigenvalue weighted by Gasteiger charge is 2.22. The lowest BCUT2D eigenvalue weighted by Crippen LogP contribution is -2.30. The third kappa shape index (κ3) is 11.8. The molecular formula is C26H39FN2O4. The zero-order valence-electron chi connectivity index (χ0n) is 20.7. The molecule has 0 fully saturated rings. The first-order chi connectivity index (χ1) is 15.7. The maximum atomic E-state index is 13.0. The Bertz CT molecular complexity index is 803. The molecule has 7 heteroatoms. The van der Waals surface area contributed by atoms with Crippen molar-refractivity contribution in [3.8, 4) is 0 Å². The molecule has 0 saturated carbocycles. The summed E-state index contributed by atoms with van der Waals surface area (Å²) >= 11 is 0. The number of aliphatic hydroxyl groups excluding tert-OH is 1. The third-order valence-electron chi connectivity index (χ3n) is 4.91. The lowest BCUT2D eigenvalue weighted by molar-refractivity contribution is -0.117. The van der Waals surface area contributed by atoms with Crippen LogP contribution in [0.2, 0.25) is 0 Å². The van der Waals surface area contributed by atoms with Gasteiger partial charge in [-0.15, -0.1) is 0 Å². The van der Waals surface area contributed by atoms with E-state index < -0.39 is 0 Å². The summed E-state index contributed by atoms with van der Waals surface area (Å²) in [5.41, 5.74) is 1.31. The lowest BCUT2D eigenvalue weighted by Gasteiger charge is -2.25. The summed E-state index contributed by atoms with van der Waals surface area (Å²) < 4.78 is 24.9. The average molecular weight is 463 g/mol. The molecule has 0 saturated heterocycles. The summed E-state index contributed by atoms with van der Waals surface area (Å²) in [6.45, 7) is 12.0. The highest BCUT2D eigenvalue weighted by atomic mass is 19.1. The molecular weight excluding hydrogens is 423 g/mol. The maximum Gasteiger partial charge on any atom is 0.226 e. The smallest absolute Gasteiger partial charge is 0.226 e. The summed E-state index contributed by atoms with van der Waals surface area (Å²) in [7, 11) is 0. The molecule has 0 aliphatic heterocycles. The molecule has 0 heterocycles. The number of ether oxygens (including phenoxy) is 2. The SMILES string of the molecule is CC/C=C\C(OCCC(=O)Nc1ccc(F)cc1)[C@H](C)C(C)/N=C(\C=C(/C)CO)OC(C)C. The van der Waals surface area contributed by atoms with E-state index in [1.54, 1.807) is 6.08 Å². The van der Waals surface area contributed by atoms with Gasteiger partial charge < -0.3 is 19.9 Å². The van der Waals surface area contributed by atoms with Gasteiger partial charge in [0.1, 0.15) is 5.82 Å². The van der Waals surface area contributed by atoms with Crippen molar-refractivity contribution in [3.05, 3.63) is 53.9 Å². The Labute approximate surface area is 197 Å². The number of benzene rings is 1. The number of aliphatic imine (C=N–C) groups is 1. The summed E-state index contributed by atoms with van der Waals surface area (Å²) in [6.07, 6.45) is 6.57. The number of rotatable bonds is 13. The molecule has 6 nitrogen and oxygen atoms in total. The van der Waals surface area contributed by atoms with Crippen molar-refractivity contribution in [3.63, 3.8) is 0 Å². The number of hydrogen-bond donors (Lipinski definition) is 2. The minimum atomic E-state index is -0.350. The minimum absolute atomic E-state index is 0.0153. The van der Waals surface area contributed by atoms with Crippen LogP contribution in [0.4, 0.5) is 10.1 Å². The van der Waals surface area contributed by atoms with Gasteiger partial charge in [0.25, 0.3) is 0 Å². The fraction of sp³-hybridized carbons (Fsp3) is 0.538. The van der Waals surface area contributed by atoms with Crippen molar-refractivity contribution >= 4 is 17.5 Å². The Morgan fingerprint density at radius 1 is 1.21 bits per heavy atom. The van der Waals surface area contributed by atoms with E-state index in [2.05, 4.69) is 5.32 Å². The fourth-order valence-corrected chi connectivity index (χ4v) is 2.89. The highest BCUT2D eigenvalue weighted by Crippen LogP contribution is 2.18. The molecule has 0 spiro atoms. The van der Waals surface area contributed by atoms with Crippen molar-refractivity contribution < 1.29 is 23.8 Å². The van der Waals surface area contributed by atoms with Gasteiger partial charge in [-0.25, -0.2) is 9.38 Å². The topological polar surface area (TPSA) is 80.2 Å². The molecule has 3 atom stereocenters. The molecule has 2 unspecified atom stereocenters. The molecule has 0 aromatic heterocycles. The van der Waals surface area contributed by atoms with Crippen LogP contribution in [0.3, 0.4) is 0 Å². The normalized spacial score (nSPS) is 15.5. The Hall–Kier alpha value is -2.51. The standard InChI is InChI=1S/C26H39FN2O4/c1-7-8-9-24(32-15-14-25(31)29-23-12-10-22(27)11-13-23)20(5)21(6)28-26(33-18(2)3)16-19(4)17-30/h8-13,16,18,20-21,24,30H,7,14-15,17H2,1-6H3,(H,29,31)/b9-8-,19-16+,28-26+/t20-,21?,24?/m1/s1. The van der Waals surface area contributed by atoms with Crippen LogP contribution >= 0.6 is 0 Å². The van der Waals surface area contributed by atoms with Crippen molar-refractivity contribution in [2.45, 2.75) is 72.6 Å². The molecule has 0 bridgehead atoms. The lowest BCUT2D eigenvalue weighted by atomic mass is 9.96. The maximum absolute atomic E-state index is 13.0. The van der Waals surface area contributed by atoms with Gasteiger partial charge in [0.2, 0.25) is 11.8 Å². The van der Waals surface area contributed by atoms with Crippen molar-refractivity contribution in [1.29, 1.82) is 0 Å². The second kappa shape index (κ2) is 15.3. The Kier molecular flexibility index (Phi) is 13.3. The van der Waals surface area contributed by atoms with Gasteiger partial charge in [0, 0.05) is 17.7 Å².